The van der Waals surface area contributed by atoms with E-state index in [1.807, 2.05) is 91.0 Å². The van der Waals surface area contributed by atoms with E-state index in [1.54, 1.807) is 13.8 Å². The fourth-order valence-corrected chi connectivity index (χ4v) is 5.41. The van der Waals surface area contributed by atoms with Crippen molar-refractivity contribution in [3.05, 3.63) is 119 Å². The molecule has 0 bridgehead atoms. The highest BCUT2D eigenvalue weighted by molar-refractivity contribution is 5.94. The van der Waals surface area contributed by atoms with Crippen LogP contribution in [0.3, 0.4) is 0 Å². The fourth-order valence-electron chi connectivity index (χ4n) is 5.41. The van der Waals surface area contributed by atoms with Gasteiger partial charge in [0, 0.05) is 5.70 Å². The summed E-state index contributed by atoms with van der Waals surface area (Å²) >= 11 is 0. The molecule has 0 radical (unpaired) electrons. The van der Waals surface area contributed by atoms with Crippen molar-refractivity contribution in [3.63, 3.8) is 0 Å². The van der Waals surface area contributed by atoms with Crippen LogP contribution in [0, 0.1) is 0 Å². The van der Waals surface area contributed by atoms with Crippen molar-refractivity contribution < 1.29 is 33.3 Å². The van der Waals surface area contributed by atoms with Crippen molar-refractivity contribution in [1.29, 1.82) is 0 Å². The maximum absolute atomic E-state index is 13.1. The van der Waals surface area contributed by atoms with Gasteiger partial charge in [-0.1, -0.05) is 91.0 Å². The van der Waals surface area contributed by atoms with Gasteiger partial charge in [-0.05, 0) is 30.5 Å². The first kappa shape index (κ1) is 30.4. The molecule has 9 heteroatoms. The Morgan fingerprint density at radius 1 is 0.791 bits per heavy atom. The van der Waals surface area contributed by atoms with Gasteiger partial charge in [-0.15, -0.1) is 0 Å². The Balaban J connectivity index is 1.45. The van der Waals surface area contributed by atoms with Crippen molar-refractivity contribution in [1.82, 2.24) is 10.6 Å². The molecule has 0 saturated carbocycles. The van der Waals surface area contributed by atoms with Crippen LogP contribution in [0.1, 0.15) is 30.5 Å². The highest BCUT2D eigenvalue weighted by atomic mass is 16.6. The Bertz CT molecular complexity index is 1370. The number of ether oxygens (including phenoxy) is 5. The zero-order chi connectivity index (χ0) is 30.0. The van der Waals surface area contributed by atoms with E-state index in [0.717, 1.165) is 16.7 Å². The first-order valence-electron chi connectivity index (χ1n) is 14.6. The molecule has 5 atom stereocenters. The third-order valence-electron chi connectivity index (χ3n) is 7.44. The van der Waals surface area contributed by atoms with Gasteiger partial charge in [0.2, 0.25) is 0 Å². The van der Waals surface area contributed by atoms with E-state index >= 15 is 0 Å². The van der Waals surface area contributed by atoms with E-state index in [9.17, 15) is 9.59 Å². The summed E-state index contributed by atoms with van der Waals surface area (Å²) in [5, 5.41) is 5.59. The zero-order valence-corrected chi connectivity index (χ0v) is 24.4. The molecule has 1 unspecified atom stereocenters. The van der Waals surface area contributed by atoms with Crippen molar-refractivity contribution in [2.45, 2.75) is 64.1 Å². The molecule has 2 aliphatic heterocycles. The van der Waals surface area contributed by atoms with Crippen LogP contribution >= 0.6 is 0 Å². The van der Waals surface area contributed by atoms with E-state index in [4.69, 9.17) is 23.7 Å². The molecule has 5 rings (SSSR count). The predicted octanol–water partition coefficient (Wildman–Crippen LogP) is 4.66. The Labute approximate surface area is 252 Å². The van der Waals surface area contributed by atoms with Gasteiger partial charge in [0.25, 0.3) is 0 Å². The third-order valence-corrected chi connectivity index (χ3v) is 7.44. The second-order valence-corrected chi connectivity index (χ2v) is 10.5. The highest BCUT2D eigenvalue weighted by Gasteiger charge is 2.52. The summed E-state index contributed by atoms with van der Waals surface area (Å²) in [6, 6.07) is 28.3. The van der Waals surface area contributed by atoms with E-state index in [2.05, 4.69) is 10.6 Å². The lowest BCUT2D eigenvalue weighted by atomic mass is 9.93. The first-order valence-corrected chi connectivity index (χ1v) is 14.6. The van der Waals surface area contributed by atoms with Crippen molar-refractivity contribution in [2.24, 2.45) is 0 Å². The minimum atomic E-state index is -0.837. The number of rotatable bonds is 13. The highest BCUT2D eigenvalue weighted by Crippen LogP contribution is 2.34. The molecule has 9 nitrogen and oxygen atoms in total. The van der Waals surface area contributed by atoms with Crippen LogP contribution in [0.2, 0.25) is 0 Å². The molecule has 2 heterocycles. The molecule has 0 aromatic heterocycles. The minimum Gasteiger partial charge on any atom is -0.463 e. The van der Waals surface area contributed by atoms with E-state index in [0.29, 0.717) is 18.9 Å². The smallest absolute Gasteiger partial charge is 0.337 e. The second-order valence-electron chi connectivity index (χ2n) is 10.5. The summed E-state index contributed by atoms with van der Waals surface area (Å²) in [5.41, 5.74) is 3.69. The normalized spacial score (nSPS) is 23.5. The van der Waals surface area contributed by atoms with Gasteiger partial charge in [0.05, 0.1) is 44.6 Å². The van der Waals surface area contributed by atoms with Gasteiger partial charge in [-0.25, -0.2) is 9.59 Å². The molecule has 2 N–H and O–H groups in total. The Kier molecular flexibility index (Phi) is 10.6. The first-order chi connectivity index (χ1) is 21.0. The van der Waals surface area contributed by atoms with Gasteiger partial charge < -0.3 is 34.3 Å². The van der Waals surface area contributed by atoms with Crippen LogP contribution in [-0.4, -0.2) is 55.7 Å². The molecule has 0 spiro atoms. The fraction of sp³-hybridized carbons (Fsp3) is 0.353. The molecule has 2 amide bonds. The number of hydrogen-bond donors (Lipinski definition) is 2. The van der Waals surface area contributed by atoms with E-state index in [1.165, 1.54) is 0 Å². The van der Waals surface area contributed by atoms with Gasteiger partial charge in [0.15, 0.2) is 0 Å². The number of carbonyl (C=O) groups is 2. The SMILES string of the molecule is CCOC(=O)C1=C(C)NC(=O)NC1[C@@H]1O[C@H](COCc2ccccc2)[C@@H](OCc2ccccc2)[C@H]1OCc1ccccc1. The van der Waals surface area contributed by atoms with Gasteiger partial charge in [-0.3, -0.25) is 0 Å². The molecule has 2 aliphatic rings. The van der Waals surface area contributed by atoms with Gasteiger partial charge in [-0.2, -0.15) is 0 Å². The standard InChI is InChI=1S/C34H38N2O7/c1-3-40-33(37)28-23(2)35-34(38)36-29(28)31-32(42-21-26-17-11-6-12-18-26)30(41-20-25-15-9-5-10-16-25)27(43-31)22-39-19-24-13-7-4-8-14-24/h4-18,27,29-32H,3,19-22H2,1-2H3,(H2,35,36,38)/t27-,29?,30-,31+,32-/m1/s1. The number of allylic oxidation sites excluding steroid dienone is 1. The molecular weight excluding hydrogens is 548 g/mol. The average molecular weight is 587 g/mol. The molecule has 3 aromatic rings. The van der Waals surface area contributed by atoms with Crippen molar-refractivity contribution >= 4 is 12.0 Å². The Hall–Kier alpha value is -4.02. The predicted molar refractivity (Wildman–Crippen MR) is 160 cm³/mol. The van der Waals surface area contributed by atoms with Crippen LogP contribution in [0.4, 0.5) is 4.79 Å². The van der Waals surface area contributed by atoms with Crippen LogP contribution in [-0.2, 0) is 48.3 Å². The monoisotopic (exact) mass is 586 g/mol. The maximum Gasteiger partial charge on any atom is 0.337 e. The number of nitrogens with one attached hydrogen (secondary N) is 2. The topological polar surface area (TPSA) is 104 Å². The summed E-state index contributed by atoms with van der Waals surface area (Å²) in [6.07, 6.45) is -2.54. The second kappa shape index (κ2) is 14.9. The van der Waals surface area contributed by atoms with Gasteiger partial charge >= 0.3 is 12.0 Å². The largest absolute Gasteiger partial charge is 0.463 e. The molecule has 226 valence electrons. The Morgan fingerprint density at radius 3 is 1.88 bits per heavy atom. The van der Waals surface area contributed by atoms with Crippen LogP contribution < -0.4 is 10.6 Å². The molecule has 43 heavy (non-hydrogen) atoms. The Morgan fingerprint density at radius 2 is 1.33 bits per heavy atom. The molecule has 3 aromatic carbocycles. The molecule has 1 fully saturated rings. The van der Waals surface area contributed by atoms with Crippen molar-refractivity contribution in [2.75, 3.05) is 13.2 Å². The number of benzene rings is 3. The average Bonchev–Trinajstić information content (AvgIpc) is 3.37. The maximum atomic E-state index is 13.1. The quantitative estimate of drug-likeness (QED) is 0.281. The van der Waals surface area contributed by atoms with Gasteiger partial charge in [0.1, 0.15) is 24.4 Å². The summed E-state index contributed by atoms with van der Waals surface area (Å²) < 4.78 is 31.2. The lowest BCUT2D eigenvalue weighted by Gasteiger charge is -2.34. The summed E-state index contributed by atoms with van der Waals surface area (Å²) in [5.74, 6) is -0.534. The van der Waals surface area contributed by atoms with E-state index < -0.39 is 42.5 Å². The number of esters is 1. The third kappa shape index (κ3) is 7.88. The molecular formula is C34H38N2O7. The minimum absolute atomic E-state index is 0.189. The van der Waals surface area contributed by atoms with Crippen LogP contribution in [0.15, 0.2) is 102 Å². The zero-order valence-electron chi connectivity index (χ0n) is 24.4. The summed E-state index contributed by atoms with van der Waals surface area (Å²) in [4.78, 5) is 25.8. The van der Waals surface area contributed by atoms with Crippen molar-refractivity contribution in [3.8, 4) is 0 Å². The summed E-state index contributed by atoms with van der Waals surface area (Å²) in [7, 11) is 0. The molecule has 1 saturated heterocycles. The lowest BCUT2D eigenvalue weighted by Crippen LogP contribution is -2.58. The number of hydrogen-bond acceptors (Lipinski definition) is 7. The molecule has 0 aliphatic carbocycles. The summed E-state index contributed by atoms with van der Waals surface area (Å²) in [6.45, 7) is 4.81. The number of carbonyl (C=O) groups excluding carboxylic acids is 2. The number of urea groups is 1. The lowest BCUT2D eigenvalue weighted by molar-refractivity contribution is -0.140. The van der Waals surface area contributed by atoms with Crippen LogP contribution in [0.5, 0.6) is 0 Å². The van der Waals surface area contributed by atoms with Crippen LogP contribution in [0.25, 0.3) is 0 Å². The number of amides is 2. The van der Waals surface area contributed by atoms with E-state index in [-0.39, 0.29) is 25.4 Å².